The predicted octanol–water partition coefficient (Wildman–Crippen LogP) is 4.91. The van der Waals surface area contributed by atoms with Crippen molar-refractivity contribution in [3.05, 3.63) is 58.6 Å². The van der Waals surface area contributed by atoms with E-state index >= 15 is 0 Å². The van der Waals surface area contributed by atoms with Crippen LogP contribution in [0.2, 0.25) is 5.02 Å². The van der Waals surface area contributed by atoms with Crippen LogP contribution in [0.4, 0.5) is 0 Å². The lowest BCUT2D eigenvalue weighted by atomic mass is 10.1. The second-order valence-corrected chi connectivity index (χ2v) is 6.21. The second-order valence-electron chi connectivity index (χ2n) is 4.65. The van der Waals surface area contributed by atoms with Crippen molar-refractivity contribution < 1.29 is 9.53 Å². The summed E-state index contributed by atoms with van der Waals surface area (Å²) < 4.78 is 4.94. The highest BCUT2D eigenvalue weighted by molar-refractivity contribution is 7.99. The molecule has 0 aliphatic heterocycles. The average Bonchev–Trinajstić information content (AvgIpc) is 2.42. The molecule has 0 fully saturated rings. The smallest absolute Gasteiger partial charge is 0.310 e. The molecular weight excluding hydrogens is 304 g/mol. The van der Waals surface area contributed by atoms with E-state index in [1.165, 1.54) is 10.5 Å². The number of hydrogen-bond acceptors (Lipinski definition) is 3. The number of hydrogen-bond donors (Lipinski definition) is 0. The monoisotopic (exact) mass is 320 g/mol. The molecule has 0 atom stereocenters. The zero-order valence-electron chi connectivity index (χ0n) is 12.1. The Morgan fingerprint density at radius 1 is 1.19 bits per heavy atom. The first-order chi connectivity index (χ1) is 10.1. The van der Waals surface area contributed by atoms with Gasteiger partial charge in [0.2, 0.25) is 0 Å². The molecule has 0 saturated heterocycles. The molecule has 0 aliphatic carbocycles. The third-order valence-electron chi connectivity index (χ3n) is 2.89. The van der Waals surface area contributed by atoms with Crippen LogP contribution in [0, 0.1) is 6.92 Å². The Kier molecular flexibility index (Phi) is 5.71. The van der Waals surface area contributed by atoms with E-state index in [1.807, 2.05) is 24.3 Å². The molecule has 0 N–H and O–H groups in total. The van der Waals surface area contributed by atoms with Gasteiger partial charge in [0.25, 0.3) is 0 Å². The van der Waals surface area contributed by atoms with Crippen LogP contribution in [-0.2, 0) is 16.0 Å². The zero-order valence-corrected chi connectivity index (χ0v) is 13.6. The van der Waals surface area contributed by atoms with Crippen molar-refractivity contribution >= 4 is 29.3 Å². The molecule has 0 spiro atoms. The van der Waals surface area contributed by atoms with E-state index in [9.17, 15) is 4.79 Å². The third-order valence-corrected chi connectivity index (χ3v) is 4.22. The maximum Gasteiger partial charge on any atom is 0.310 e. The van der Waals surface area contributed by atoms with Crippen molar-refractivity contribution in [2.45, 2.75) is 30.1 Å². The Hall–Kier alpha value is -1.45. The Bertz CT molecular complexity index is 640. The molecule has 0 unspecified atom stereocenters. The van der Waals surface area contributed by atoms with Gasteiger partial charge in [-0.25, -0.2) is 0 Å². The molecule has 2 aromatic rings. The Morgan fingerprint density at radius 3 is 2.62 bits per heavy atom. The van der Waals surface area contributed by atoms with Crippen molar-refractivity contribution in [3.8, 4) is 0 Å². The van der Waals surface area contributed by atoms with Crippen LogP contribution in [-0.4, -0.2) is 12.6 Å². The van der Waals surface area contributed by atoms with E-state index in [-0.39, 0.29) is 12.4 Å². The first-order valence-corrected chi connectivity index (χ1v) is 7.96. The lowest BCUT2D eigenvalue weighted by Crippen LogP contribution is -2.07. The molecule has 2 aromatic carbocycles. The Labute approximate surface area is 134 Å². The summed E-state index contributed by atoms with van der Waals surface area (Å²) in [6.45, 7) is 4.25. The van der Waals surface area contributed by atoms with Crippen molar-refractivity contribution in [1.82, 2.24) is 0 Å². The Balaban J connectivity index is 2.10. The quantitative estimate of drug-likeness (QED) is 0.732. The highest BCUT2D eigenvalue weighted by Crippen LogP contribution is 2.31. The molecule has 0 aliphatic rings. The van der Waals surface area contributed by atoms with Crippen molar-refractivity contribution in [3.63, 3.8) is 0 Å². The van der Waals surface area contributed by atoms with E-state index < -0.39 is 0 Å². The van der Waals surface area contributed by atoms with Gasteiger partial charge in [-0.15, -0.1) is 0 Å². The topological polar surface area (TPSA) is 26.3 Å². The summed E-state index contributed by atoms with van der Waals surface area (Å²) in [7, 11) is 0. The molecule has 0 aromatic heterocycles. The maximum absolute atomic E-state index is 11.5. The van der Waals surface area contributed by atoms with E-state index in [4.69, 9.17) is 16.3 Å². The normalized spacial score (nSPS) is 10.4. The molecule has 0 amide bonds. The van der Waals surface area contributed by atoms with Gasteiger partial charge in [0.15, 0.2) is 0 Å². The molecule has 0 saturated carbocycles. The number of esters is 1. The summed E-state index contributed by atoms with van der Waals surface area (Å²) in [5.74, 6) is -0.251. The fraction of sp³-hybridized carbons (Fsp3) is 0.235. The van der Waals surface area contributed by atoms with Crippen molar-refractivity contribution in [1.29, 1.82) is 0 Å². The van der Waals surface area contributed by atoms with E-state index in [2.05, 4.69) is 25.1 Å². The molecule has 0 bridgehead atoms. The summed E-state index contributed by atoms with van der Waals surface area (Å²) >= 11 is 7.90. The minimum absolute atomic E-state index is 0.210. The van der Waals surface area contributed by atoms with Crippen LogP contribution in [0.15, 0.2) is 52.3 Å². The maximum atomic E-state index is 11.5. The summed E-state index contributed by atoms with van der Waals surface area (Å²) in [5.41, 5.74) is 2.02. The number of carbonyl (C=O) groups is 1. The van der Waals surface area contributed by atoms with E-state index in [0.29, 0.717) is 11.6 Å². The lowest BCUT2D eigenvalue weighted by molar-refractivity contribution is -0.142. The van der Waals surface area contributed by atoms with Crippen LogP contribution < -0.4 is 0 Å². The van der Waals surface area contributed by atoms with Gasteiger partial charge in [0, 0.05) is 14.8 Å². The summed E-state index contributed by atoms with van der Waals surface area (Å²) in [4.78, 5) is 13.7. The van der Waals surface area contributed by atoms with Gasteiger partial charge < -0.3 is 4.74 Å². The summed E-state index contributed by atoms with van der Waals surface area (Å²) in [5, 5.41) is 0.598. The number of halogens is 1. The van der Waals surface area contributed by atoms with Crippen molar-refractivity contribution in [2.24, 2.45) is 0 Å². The number of benzene rings is 2. The SMILES string of the molecule is CCOC(=O)Cc1ccc(Sc2cccc(C)c2)cc1Cl. The minimum atomic E-state index is -0.251. The lowest BCUT2D eigenvalue weighted by Gasteiger charge is -2.07. The fourth-order valence-corrected chi connectivity index (χ4v) is 3.21. The van der Waals surface area contributed by atoms with Crippen LogP contribution in [0.5, 0.6) is 0 Å². The van der Waals surface area contributed by atoms with Crippen LogP contribution in [0.1, 0.15) is 18.1 Å². The van der Waals surface area contributed by atoms with Gasteiger partial charge in [-0.05, 0) is 43.7 Å². The van der Waals surface area contributed by atoms with Gasteiger partial charge in [-0.2, -0.15) is 0 Å². The predicted molar refractivity (Wildman–Crippen MR) is 87.1 cm³/mol. The minimum Gasteiger partial charge on any atom is -0.466 e. The largest absolute Gasteiger partial charge is 0.466 e. The highest BCUT2D eigenvalue weighted by Gasteiger charge is 2.09. The number of rotatable bonds is 5. The molecule has 2 nitrogen and oxygen atoms in total. The third kappa shape index (κ3) is 4.80. The van der Waals surface area contributed by atoms with Crippen LogP contribution in [0.25, 0.3) is 0 Å². The van der Waals surface area contributed by atoms with Crippen molar-refractivity contribution in [2.75, 3.05) is 6.61 Å². The van der Waals surface area contributed by atoms with Gasteiger partial charge in [-0.1, -0.05) is 47.1 Å². The van der Waals surface area contributed by atoms with Gasteiger partial charge in [0.1, 0.15) is 0 Å². The number of carbonyl (C=O) groups excluding carboxylic acids is 1. The number of ether oxygens (including phenoxy) is 1. The highest BCUT2D eigenvalue weighted by atomic mass is 35.5. The summed E-state index contributed by atoms with van der Waals surface area (Å²) in [6.07, 6.45) is 0.210. The first kappa shape index (κ1) is 15.9. The standard InChI is InChI=1S/C17H17ClO2S/c1-3-20-17(19)10-13-7-8-15(11-16(13)18)21-14-6-4-5-12(2)9-14/h4-9,11H,3,10H2,1-2H3. The fourth-order valence-electron chi connectivity index (χ4n) is 1.92. The van der Waals surface area contributed by atoms with Gasteiger partial charge in [0.05, 0.1) is 13.0 Å². The van der Waals surface area contributed by atoms with Crippen LogP contribution in [0.3, 0.4) is 0 Å². The van der Waals surface area contributed by atoms with E-state index in [1.54, 1.807) is 18.7 Å². The van der Waals surface area contributed by atoms with Gasteiger partial charge in [-0.3, -0.25) is 4.79 Å². The average molecular weight is 321 g/mol. The first-order valence-electron chi connectivity index (χ1n) is 6.77. The molecule has 4 heteroatoms. The van der Waals surface area contributed by atoms with E-state index in [0.717, 1.165) is 10.5 Å². The second kappa shape index (κ2) is 7.53. The molecule has 2 rings (SSSR count). The molecule has 0 radical (unpaired) electrons. The van der Waals surface area contributed by atoms with Crippen LogP contribution >= 0.6 is 23.4 Å². The number of aryl methyl sites for hydroxylation is 1. The zero-order chi connectivity index (χ0) is 15.2. The Morgan fingerprint density at radius 2 is 1.95 bits per heavy atom. The van der Waals surface area contributed by atoms with Gasteiger partial charge >= 0.3 is 5.97 Å². The summed E-state index contributed by atoms with van der Waals surface area (Å²) in [6, 6.07) is 14.1. The molecular formula is C17H17ClO2S. The molecule has 21 heavy (non-hydrogen) atoms. The molecule has 110 valence electrons. The molecule has 0 heterocycles.